The fourth-order valence-corrected chi connectivity index (χ4v) is 3.61. The molecule has 0 heterocycles. The predicted molar refractivity (Wildman–Crippen MR) is 80.9 cm³/mol. The lowest BCUT2D eigenvalue weighted by Crippen LogP contribution is -2.41. The fraction of sp³-hybridized carbons (Fsp3) is 0.625. The number of halogens is 2. The third-order valence-electron chi connectivity index (χ3n) is 4.25. The van der Waals surface area contributed by atoms with Gasteiger partial charge in [-0.2, -0.15) is 0 Å². The zero-order valence-electron chi connectivity index (χ0n) is 12.1. The summed E-state index contributed by atoms with van der Waals surface area (Å²) >= 11 is 6.30. The van der Waals surface area contributed by atoms with Crippen molar-refractivity contribution in [2.24, 2.45) is 0 Å². The number of nitrogens with one attached hydrogen (secondary N) is 1. The van der Waals surface area contributed by atoms with Crippen molar-refractivity contribution in [3.05, 3.63) is 34.6 Å². The van der Waals surface area contributed by atoms with Crippen molar-refractivity contribution in [3.63, 3.8) is 0 Å². The third kappa shape index (κ3) is 3.51. The molecule has 1 aliphatic rings. The Morgan fingerprint density at radius 1 is 1.30 bits per heavy atom. The van der Waals surface area contributed by atoms with Crippen molar-refractivity contribution in [2.75, 3.05) is 26.8 Å². The number of benzene rings is 1. The second-order valence-corrected chi connectivity index (χ2v) is 6.01. The molecule has 0 saturated heterocycles. The van der Waals surface area contributed by atoms with Gasteiger partial charge in [-0.15, -0.1) is 0 Å². The van der Waals surface area contributed by atoms with Crippen LogP contribution in [0.25, 0.3) is 0 Å². The van der Waals surface area contributed by atoms with Crippen LogP contribution in [0, 0.1) is 5.82 Å². The van der Waals surface area contributed by atoms with Gasteiger partial charge in [0.2, 0.25) is 0 Å². The molecule has 1 fully saturated rings. The normalized spacial score (nSPS) is 18.1. The fourth-order valence-electron chi connectivity index (χ4n) is 3.25. The molecule has 112 valence electrons. The minimum Gasteiger partial charge on any atom is -0.383 e. The largest absolute Gasteiger partial charge is 0.383 e. The first-order chi connectivity index (χ1) is 9.69. The zero-order valence-corrected chi connectivity index (χ0v) is 12.8. The Morgan fingerprint density at radius 3 is 2.70 bits per heavy atom. The highest BCUT2D eigenvalue weighted by molar-refractivity contribution is 6.31. The Morgan fingerprint density at radius 2 is 2.05 bits per heavy atom. The highest BCUT2D eigenvalue weighted by atomic mass is 35.5. The second kappa shape index (κ2) is 7.39. The smallest absolute Gasteiger partial charge is 0.128 e. The van der Waals surface area contributed by atoms with Crippen LogP contribution in [0.2, 0.25) is 5.02 Å². The van der Waals surface area contributed by atoms with E-state index in [1.807, 2.05) is 0 Å². The van der Waals surface area contributed by atoms with Crippen LogP contribution in [-0.4, -0.2) is 26.8 Å². The van der Waals surface area contributed by atoms with Crippen LogP contribution in [0.5, 0.6) is 0 Å². The lowest BCUT2D eigenvalue weighted by atomic mass is 9.69. The average molecular weight is 300 g/mol. The van der Waals surface area contributed by atoms with E-state index in [1.165, 1.54) is 12.5 Å². The highest BCUT2D eigenvalue weighted by Gasteiger charge is 2.37. The highest BCUT2D eigenvalue weighted by Crippen LogP contribution is 2.43. The van der Waals surface area contributed by atoms with E-state index in [-0.39, 0.29) is 11.2 Å². The summed E-state index contributed by atoms with van der Waals surface area (Å²) in [7, 11) is 1.69. The molecule has 2 rings (SSSR count). The summed E-state index contributed by atoms with van der Waals surface area (Å²) in [5.74, 6) is -0.173. The molecule has 0 unspecified atom stereocenters. The van der Waals surface area contributed by atoms with Gasteiger partial charge in [0.15, 0.2) is 0 Å². The maximum absolute atomic E-state index is 14.3. The number of hydrogen-bond donors (Lipinski definition) is 1. The molecule has 1 aliphatic carbocycles. The maximum Gasteiger partial charge on any atom is 0.128 e. The summed E-state index contributed by atoms with van der Waals surface area (Å²) in [6, 6.07) is 4.99. The molecule has 1 aromatic carbocycles. The zero-order chi connectivity index (χ0) is 14.4. The van der Waals surface area contributed by atoms with Crippen LogP contribution in [0.3, 0.4) is 0 Å². The molecule has 0 radical (unpaired) electrons. The van der Waals surface area contributed by atoms with Gasteiger partial charge < -0.3 is 10.1 Å². The van der Waals surface area contributed by atoms with Crippen molar-refractivity contribution in [1.82, 2.24) is 5.32 Å². The second-order valence-electron chi connectivity index (χ2n) is 5.61. The van der Waals surface area contributed by atoms with E-state index in [0.717, 1.165) is 38.8 Å². The number of methoxy groups -OCH3 is 1. The first kappa shape index (κ1) is 15.7. The summed E-state index contributed by atoms with van der Waals surface area (Å²) in [4.78, 5) is 0. The molecule has 0 spiro atoms. The Balaban J connectivity index is 2.22. The van der Waals surface area contributed by atoms with E-state index in [2.05, 4.69) is 5.32 Å². The molecular weight excluding hydrogens is 277 g/mol. The minimum absolute atomic E-state index is 0.172. The first-order valence-electron chi connectivity index (χ1n) is 7.34. The molecule has 0 aliphatic heterocycles. The van der Waals surface area contributed by atoms with Crippen molar-refractivity contribution in [3.8, 4) is 0 Å². The van der Waals surface area contributed by atoms with Crippen LogP contribution >= 0.6 is 11.6 Å². The van der Waals surface area contributed by atoms with Crippen LogP contribution in [0.4, 0.5) is 4.39 Å². The minimum atomic E-state index is -0.173. The Hall–Kier alpha value is -0.640. The Kier molecular flexibility index (Phi) is 5.82. The molecular formula is C16H23ClFNO. The maximum atomic E-state index is 14.3. The van der Waals surface area contributed by atoms with E-state index in [9.17, 15) is 4.39 Å². The predicted octanol–water partition coefficient (Wildman–Crippen LogP) is 3.92. The van der Waals surface area contributed by atoms with Crippen LogP contribution in [-0.2, 0) is 10.2 Å². The number of hydrogen-bond acceptors (Lipinski definition) is 2. The summed E-state index contributed by atoms with van der Waals surface area (Å²) < 4.78 is 19.4. The van der Waals surface area contributed by atoms with E-state index in [1.54, 1.807) is 19.2 Å². The molecule has 0 bridgehead atoms. The quantitative estimate of drug-likeness (QED) is 0.804. The third-order valence-corrected chi connectivity index (χ3v) is 4.57. The van der Waals surface area contributed by atoms with E-state index < -0.39 is 0 Å². The monoisotopic (exact) mass is 299 g/mol. The SMILES string of the molecule is COCCNCC1(c2c(F)cccc2Cl)CCCCC1. The van der Waals surface area contributed by atoms with Gasteiger partial charge in [-0.25, -0.2) is 4.39 Å². The molecule has 4 heteroatoms. The number of ether oxygens (including phenoxy) is 1. The van der Waals surface area contributed by atoms with Gasteiger partial charge in [-0.1, -0.05) is 36.9 Å². The Bertz CT molecular complexity index is 412. The van der Waals surface area contributed by atoms with Crippen molar-refractivity contribution in [1.29, 1.82) is 0 Å². The van der Waals surface area contributed by atoms with Gasteiger partial charge in [0.25, 0.3) is 0 Å². The van der Waals surface area contributed by atoms with Gasteiger partial charge in [-0.05, 0) is 25.0 Å². The summed E-state index contributed by atoms with van der Waals surface area (Å²) in [5.41, 5.74) is 0.528. The molecule has 20 heavy (non-hydrogen) atoms. The lowest BCUT2D eigenvalue weighted by molar-refractivity contribution is 0.191. The van der Waals surface area contributed by atoms with Crippen LogP contribution < -0.4 is 5.32 Å². The topological polar surface area (TPSA) is 21.3 Å². The summed E-state index contributed by atoms with van der Waals surface area (Å²) in [6.07, 6.45) is 5.49. The van der Waals surface area contributed by atoms with Gasteiger partial charge >= 0.3 is 0 Å². The molecule has 0 aromatic heterocycles. The number of rotatable bonds is 6. The summed E-state index contributed by atoms with van der Waals surface area (Å²) in [6.45, 7) is 2.21. The molecule has 0 atom stereocenters. The average Bonchev–Trinajstić information content (AvgIpc) is 2.45. The van der Waals surface area contributed by atoms with Crippen LogP contribution in [0.15, 0.2) is 18.2 Å². The lowest BCUT2D eigenvalue weighted by Gasteiger charge is -2.39. The Labute approximate surface area is 125 Å². The van der Waals surface area contributed by atoms with Crippen molar-refractivity contribution in [2.45, 2.75) is 37.5 Å². The van der Waals surface area contributed by atoms with Gasteiger partial charge in [-0.3, -0.25) is 0 Å². The standard InChI is InChI=1S/C16H23ClFNO/c1-20-11-10-19-12-16(8-3-2-4-9-16)15-13(17)6-5-7-14(15)18/h5-7,19H,2-4,8-12H2,1H3. The van der Waals surface area contributed by atoms with E-state index >= 15 is 0 Å². The first-order valence-corrected chi connectivity index (χ1v) is 7.71. The molecule has 1 aromatic rings. The van der Waals surface area contributed by atoms with Gasteiger partial charge in [0.05, 0.1) is 6.61 Å². The molecule has 0 amide bonds. The molecule has 2 nitrogen and oxygen atoms in total. The van der Waals surface area contributed by atoms with Crippen molar-refractivity contribution >= 4 is 11.6 Å². The van der Waals surface area contributed by atoms with Gasteiger partial charge in [0.1, 0.15) is 5.82 Å². The van der Waals surface area contributed by atoms with E-state index in [0.29, 0.717) is 17.2 Å². The molecule has 1 N–H and O–H groups in total. The van der Waals surface area contributed by atoms with Gasteiger partial charge in [0, 0.05) is 36.2 Å². The summed E-state index contributed by atoms with van der Waals surface area (Å²) in [5, 5.41) is 3.96. The van der Waals surface area contributed by atoms with Crippen LogP contribution in [0.1, 0.15) is 37.7 Å². The molecule has 1 saturated carbocycles. The van der Waals surface area contributed by atoms with E-state index in [4.69, 9.17) is 16.3 Å². The van der Waals surface area contributed by atoms with Crippen molar-refractivity contribution < 1.29 is 9.13 Å².